The smallest absolute Gasteiger partial charge is 0.408 e. The van der Waals surface area contributed by atoms with E-state index in [0.717, 1.165) is 22.3 Å². The van der Waals surface area contributed by atoms with Gasteiger partial charge >= 0.3 is 6.09 Å². The lowest BCUT2D eigenvalue weighted by molar-refractivity contribution is -0.141. The summed E-state index contributed by atoms with van der Waals surface area (Å²) in [7, 11) is 0. The van der Waals surface area contributed by atoms with Crippen LogP contribution in [-0.4, -0.2) is 52.7 Å². The highest BCUT2D eigenvalue weighted by atomic mass is 16.6. The highest BCUT2D eigenvalue weighted by Crippen LogP contribution is 2.28. The second-order valence-corrected chi connectivity index (χ2v) is 10.2. The number of benzene rings is 2. The van der Waals surface area contributed by atoms with E-state index in [9.17, 15) is 19.5 Å². The number of hydrogen-bond acceptors (Lipinski definition) is 5. The molecule has 0 saturated carbocycles. The quantitative estimate of drug-likeness (QED) is 0.503. The van der Waals surface area contributed by atoms with Crippen LogP contribution in [-0.2, 0) is 14.3 Å². The van der Waals surface area contributed by atoms with E-state index in [1.165, 1.54) is 11.8 Å². The summed E-state index contributed by atoms with van der Waals surface area (Å²) in [4.78, 5) is 41.0. The van der Waals surface area contributed by atoms with Crippen LogP contribution in [0.4, 0.5) is 10.5 Å². The van der Waals surface area contributed by atoms with Crippen molar-refractivity contribution in [3.63, 3.8) is 0 Å². The average molecular weight is 498 g/mol. The normalized spacial score (nSPS) is 12.9. The van der Waals surface area contributed by atoms with Crippen molar-refractivity contribution in [1.82, 2.24) is 10.2 Å². The maximum absolute atomic E-state index is 13.8. The number of amides is 3. The van der Waals surface area contributed by atoms with E-state index in [1.807, 2.05) is 64.1 Å². The largest absolute Gasteiger partial charge is 0.444 e. The first-order chi connectivity index (χ1) is 16.7. The van der Waals surface area contributed by atoms with Crippen LogP contribution >= 0.6 is 0 Å². The molecule has 0 aliphatic heterocycles. The fourth-order valence-corrected chi connectivity index (χ4v) is 4.11. The summed E-state index contributed by atoms with van der Waals surface area (Å²) in [5.41, 5.74) is 4.21. The topological polar surface area (TPSA) is 108 Å². The molecule has 3 amide bonds. The molecule has 2 unspecified atom stereocenters. The summed E-state index contributed by atoms with van der Waals surface area (Å²) < 4.78 is 5.28. The Hall–Kier alpha value is -3.39. The Bertz CT molecular complexity index is 1070. The number of carbonyl (C=O) groups excluding carboxylic acids is 3. The number of aryl methyl sites for hydroxylation is 4. The number of aliphatic hydroxyl groups is 1. The number of nitrogens with one attached hydrogen (secondary N) is 2. The van der Waals surface area contributed by atoms with E-state index < -0.39 is 35.6 Å². The van der Waals surface area contributed by atoms with Gasteiger partial charge in [0.05, 0.1) is 6.61 Å². The molecule has 0 bridgehead atoms. The Morgan fingerprint density at radius 3 is 2.06 bits per heavy atom. The van der Waals surface area contributed by atoms with Crippen molar-refractivity contribution in [2.24, 2.45) is 0 Å². The fraction of sp³-hybridized carbons (Fsp3) is 0.464. The van der Waals surface area contributed by atoms with Crippen molar-refractivity contribution in [3.05, 3.63) is 64.2 Å². The number of rotatable bonds is 8. The third-order valence-corrected chi connectivity index (χ3v) is 5.58. The fourth-order valence-electron chi connectivity index (χ4n) is 4.11. The molecule has 8 nitrogen and oxygen atoms in total. The van der Waals surface area contributed by atoms with Crippen LogP contribution in [0.25, 0.3) is 0 Å². The lowest BCUT2D eigenvalue weighted by atomic mass is 9.98. The van der Waals surface area contributed by atoms with E-state index in [2.05, 4.69) is 10.6 Å². The first-order valence-corrected chi connectivity index (χ1v) is 12.1. The van der Waals surface area contributed by atoms with E-state index in [1.54, 1.807) is 20.8 Å². The van der Waals surface area contributed by atoms with Crippen molar-refractivity contribution in [2.75, 3.05) is 18.5 Å². The van der Waals surface area contributed by atoms with Crippen LogP contribution in [0.2, 0.25) is 0 Å². The number of hydrogen-bond donors (Lipinski definition) is 3. The second-order valence-electron chi connectivity index (χ2n) is 10.2. The molecular formula is C28H39N3O5. The molecule has 0 aliphatic carbocycles. The number of anilines is 1. The van der Waals surface area contributed by atoms with Crippen LogP contribution in [0.1, 0.15) is 61.6 Å². The van der Waals surface area contributed by atoms with Crippen LogP contribution in [0.3, 0.4) is 0 Å². The van der Waals surface area contributed by atoms with Crippen molar-refractivity contribution in [1.29, 1.82) is 0 Å². The van der Waals surface area contributed by atoms with Gasteiger partial charge in [-0.25, -0.2) is 4.79 Å². The SMILES string of the molecule is Cc1cc(C)cc(C(C(=O)Nc2c(C)cccc2C)N(CCO)C(=O)C(C)NC(=O)OC(C)(C)C)c1. The Kier molecular flexibility index (Phi) is 9.64. The molecule has 0 spiro atoms. The van der Waals surface area contributed by atoms with E-state index in [-0.39, 0.29) is 13.2 Å². The Morgan fingerprint density at radius 1 is 1.00 bits per heavy atom. The molecule has 36 heavy (non-hydrogen) atoms. The number of aliphatic hydroxyl groups excluding tert-OH is 1. The lowest BCUT2D eigenvalue weighted by Gasteiger charge is -2.33. The van der Waals surface area contributed by atoms with Gasteiger partial charge in [0, 0.05) is 12.2 Å². The highest BCUT2D eigenvalue weighted by molar-refractivity contribution is 5.99. The molecule has 0 radical (unpaired) electrons. The average Bonchev–Trinajstić information content (AvgIpc) is 2.73. The highest BCUT2D eigenvalue weighted by Gasteiger charge is 2.35. The van der Waals surface area contributed by atoms with Crippen LogP contribution in [0.5, 0.6) is 0 Å². The number of carbonyl (C=O) groups is 3. The van der Waals surface area contributed by atoms with Gasteiger partial charge in [0.15, 0.2) is 0 Å². The minimum atomic E-state index is -1.04. The zero-order valence-electron chi connectivity index (χ0n) is 22.6. The summed E-state index contributed by atoms with van der Waals surface area (Å²) in [6.45, 7) is 13.9. The Morgan fingerprint density at radius 2 is 1.56 bits per heavy atom. The predicted octanol–water partition coefficient (Wildman–Crippen LogP) is 4.33. The number of para-hydroxylation sites is 1. The van der Waals surface area contributed by atoms with Crippen molar-refractivity contribution >= 4 is 23.6 Å². The predicted molar refractivity (Wildman–Crippen MR) is 141 cm³/mol. The molecule has 196 valence electrons. The van der Waals surface area contributed by atoms with Gasteiger partial charge in [0.1, 0.15) is 17.7 Å². The zero-order chi connectivity index (χ0) is 27.2. The third-order valence-electron chi connectivity index (χ3n) is 5.58. The Labute approximate surface area is 214 Å². The summed E-state index contributed by atoms with van der Waals surface area (Å²) in [6.07, 6.45) is -0.741. The number of ether oxygens (including phenoxy) is 1. The monoisotopic (exact) mass is 497 g/mol. The first kappa shape index (κ1) is 28.8. The molecular weight excluding hydrogens is 458 g/mol. The Balaban J connectivity index is 2.49. The maximum atomic E-state index is 13.8. The van der Waals surface area contributed by atoms with Gasteiger partial charge in [0.2, 0.25) is 5.91 Å². The summed E-state index contributed by atoms with van der Waals surface area (Å²) in [5.74, 6) is -0.931. The van der Waals surface area contributed by atoms with Crippen molar-refractivity contribution in [2.45, 2.75) is 73.1 Å². The molecule has 2 aromatic rings. The molecule has 0 fully saturated rings. The molecule has 2 rings (SSSR count). The molecule has 0 aliphatic rings. The van der Waals surface area contributed by atoms with E-state index in [0.29, 0.717) is 11.3 Å². The zero-order valence-corrected chi connectivity index (χ0v) is 22.6. The first-order valence-electron chi connectivity index (χ1n) is 12.1. The number of nitrogens with zero attached hydrogens (tertiary/aromatic N) is 1. The van der Waals surface area contributed by atoms with Gasteiger partial charge in [-0.05, 0) is 72.1 Å². The third kappa shape index (κ3) is 7.81. The molecule has 0 heterocycles. The van der Waals surface area contributed by atoms with Crippen LogP contribution in [0, 0.1) is 27.7 Å². The lowest BCUT2D eigenvalue weighted by Crippen LogP contribution is -2.52. The van der Waals surface area contributed by atoms with Crippen LogP contribution in [0.15, 0.2) is 36.4 Å². The summed E-state index contributed by atoms with van der Waals surface area (Å²) in [6, 6.07) is 9.37. The second kappa shape index (κ2) is 12.0. The van der Waals surface area contributed by atoms with E-state index >= 15 is 0 Å². The minimum Gasteiger partial charge on any atom is -0.444 e. The molecule has 0 saturated heterocycles. The van der Waals surface area contributed by atoms with Gasteiger partial charge in [-0.2, -0.15) is 0 Å². The molecule has 0 aromatic heterocycles. The molecule has 3 N–H and O–H groups in total. The maximum Gasteiger partial charge on any atom is 0.408 e. The molecule has 2 atom stereocenters. The van der Waals surface area contributed by atoms with Gasteiger partial charge < -0.3 is 25.4 Å². The van der Waals surface area contributed by atoms with Crippen LogP contribution < -0.4 is 10.6 Å². The van der Waals surface area contributed by atoms with Gasteiger partial charge in [-0.1, -0.05) is 47.5 Å². The summed E-state index contributed by atoms with van der Waals surface area (Å²) in [5, 5.41) is 15.4. The van der Waals surface area contributed by atoms with Gasteiger partial charge in [-0.3, -0.25) is 9.59 Å². The minimum absolute atomic E-state index is 0.100. The number of alkyl carbamates (subject to hydrolysis) is 1. The van der Waals surface area contributed by atoms with Crippen molar-refractivity contribution in [3.8, 4) is 0 Å². The standard InChI is InChI=1S/C28H39N3O5/c1-17-14-18(2)16-22(15-17)24(25(33)30-23-19(3)10-9-11-20(23)4)31(12-13-32)26(34)21(5)29-27(35)36-28(6,7)8/h9-11,14-16,21,24,32H,12-13H2,1-8H3,(H,29,35)(H,30,33). The molecule has 2 aromatic carbocycles. The van der Waals surface area contributed by atoms with E-state index in [4.69, 9.17) is 4.74 Å². The summed E-state index contributed by atoms with van der Waals surface area (Å²) >= 11 is 0. The van der Waals surface area contributed by atoms with Crippen molar-refractivity contribution < 1.29 is 24.2 Å². The van der Waals surface area contributed by atoms with Gasteiger partial charge in [-0.15, -0.1) is 0 Å². The molecule has 8 heteroatoms. The van der Waals surface area contributed by atoms with Gasteiger partial charge in [0.25, 0.3) is 5.91 Å².